The zero-order valence-corrected chi connectivity index (χ0v) is 9.26. The van der Waals surface area contributed by atoms with Crippen molar-refractivity contribution in [3.8, 4) is 0 Å². The molecule has 0 aromatic carbocycles. The van der Waals surface area contributed by atoms with E-state index in [0.717, 1.165) is 31.7 Å². The molecule has 0 bridgehead atoms. The number of likely N-dealkylation sites (tertiary alicyclic amines) is 1. The highest BCUT2D eigenvalue weighted by molar-refractivity contribution is 5.66. The van der Waals surface area contributed by atoms with E-state index in [1.54, 1.807) is 6.26 Å². The monoisotopic (exact) mass is 223 g/mol. The molecule has 0 saturated carbocycles. The van der Waals surface area contributed by atoms with E-state index in [1.807, 2.05) is 12.1 Å². The molecule has 1 aliphatic rings. The highest BCUT2D eigenvalue weighted by Gasteiger charge is 2.22. The fraction of sp³-hybridized carbons (Fsp3) is 0.583. The van der Waals surface area contributed by atoms with Gasteiger partial charge in [0.15, 0.2) is 0 Å². The molecule has 0 atom stereocenters. The summed E-state index contributed by atoms with van der Waals surface area (Å²) in [7, 11) is 0. The second-order valence-corrected chi connectivity index (χ2v) is 4.28. The second kappa shape index (κ2) is 5.16. The van der Waals surface area contributed by atoms with Gasteiger partial charge in [-0.05, 0) is 38.1 Å². The van der Waals surface area contributed by atoms with Crippen LogP contribution in [0.1, 0.15) is 30.9 Å². The van der Waals surface area contributed by atoms with E-state index < -0.39 is 5.97 Å². The lowest BCUT2D eigenvalue weighted by Gasteiger charge is -2.30. The van der Waals surface area contributed by atoms with Crippen LogP contribution in [-0.2, 0) is 4.79 Å². The summed E-state index contributed by atoms with van der Waals surface area (Å²) < 4.78 is 5.39. The van der Waals surface area contributed by atoms with Crippen LogP contribution in [0.2, 0.25) is 0 Å². The maximum atomic E-state index is 10.5. The van der Waals surface area contributed by atoms with E-state index in [-0.39, 0.29) is 6.42 Å². The molecule has 0 spiro atoms. The average Bonchev–Trinajstić information content (AvgIpc) is 2.80. The summed E-state index contributed by atoms with van der Waals surface area (Å²) in [5.41, 5.74) is 0. The SMILES string of the molecule is O=C(O)CCN1CCC(c2ccco2)CC1. The molecule has 2 rings (SSSR count). The van der Waals surface area contributed by atoms with E-state index >= 15 is 0 Å². The molecule has 88 valence electrons. The van der Waals surface area contributed by atoms with Crippen molar-refractivity contribution in [3.05, 3.63) is 24.2 Å². The molecule has 1 aromatic rings. The zero-order chi connectivity index (χ0) is 11.4. The Morgan fingerprint density at radius 3 is 2.81 bits per heavy atom. The molecule has 4 nitrogen and oxygen atoms in total. The quantitative estimate of drug-likeness (QED) is 0.847. The molecule has 4 heteroatoms. The maximum absolute atomic E-state index is 10.5. The number of rotatable bonds is 4. The molecule has 1 N–H and O–H groups in total. The number of aliphatic carboxylic acids is 1. The van der Waals surface area contributed by atoms with Gasteiger partial charge in [-0.3, -0.25) is 4.79 Å². The number of hydrogen-bond donors (Lipinski definition) is 1. The van der Waals surface area contributed by atoms with Gasteiger partial charge in [0.25, 0.3) is 0 Å². The van der Waals surface area contributed by atoms with Crippen LogP contribution in [0.3, 0.4) is 0 Å². The third-order valence-corrected chi connectivity index (χ3v) is 3.18. The summed E-state index contributed by atoms with van der Waals surface area (Å²) >= 11 is 0. The van der Waals surface area contributed by atoms with Crippen molar-refractivity contribution in [2.24, 2.45) is 0 Å². The first-order chi connectivity index (χ1) is 7.75. The van der Waals surface area contributed by atoms with Crippen LogP contribution in [0.15, 0.2) is 22.8 Å². The molecule has 2 heterocycles. The summed E-state index contributed by atoms with van der Waals surface area (Å²) in [5, 5.41) is 8.60. The van der Waals surface area contributed by atoms with Gasteiger partial charge in [-0.2, -0.15) is 0 Å². The fourth-order valence-corrected chi connectivity index (χ4v) is 2.22. The number of furan rings is 1. The van der Waals surface area contributed by atoms with E-state index in [4.69, 9.17) is 9.52 Å². The van der Waals surface area contributed by atoms with Gasteiger partial charge in [-0.1, -0.05) is 0 Å². The lowest BCUT2D eigenvalue weighted by atomic mass is 9.94. The average molecular weight is 223 g/mol. The standard InChI is InChI=1S/C12H17NO3/c14-12(15)5-8-13-6-3-10(4-7-13)11-2-1-9-16-11/h1-2,9-10H,3-8H2,(H,14,15). The largest absolute Gasteiger partial charge is 0.481 e. The summed E-state index contributed by atoms with van der Waals surface area (Å²) in [6.45, 7) is 2.61. The summed E-state index contributed by atoms with van der Waals surface area (Å²) in [5.74, 6) is 0.863. The van der Waals surface area contributed by atoms with Gasteiger partial charge in [0.2, 0.25) is 0 Å². The van der Waals surface area contributed by atoms with Crippen LogP contribution >= 0.6 is 0 Å². The number of hydrogen-bond acceptors (Lipinski definition) is 3. The Hall–Kier alpha value is -1.29. The highest BCUT2D eigenvalue weighted by atomic mass is 16.4. The molecule has 16 heavy (non-hydrogen) atoms. The van der Waals surface area contributed by atoms with Gasteiger partial charge in [0.05, 0.1) is 12.7 Å². The first kappa shape index (κ1) is 11.2. The Balaban J connectivity index is 1.76. The number of piperidine rings is 1. The molecule has 0 amide bonds. The first-order valence-electron chi connectivity index (χ1n) is 5.73. The van der Waals surface area contributed by atoms with Crippen molar-refractivity contribution < 1.29 is 14.3 Å². The van der Waals surface area contributed by atoms with Crippen LogP contribution in [0.4, 0.5) is 0 Å². The Labute approximate surface area is 94.9 Å². The van der Waals surface area contributed by atoms with Crippen molar-refractivity contribution in [2.45, 2.75) is 25.2 Å². The van der Waals surface area contributed by atoms with Gasteiger partial charge in [0.1, 0.15) is 5.76 Å². The van der Waals surface area contributed by atoms with E-state index in [0.29, 0.717) is 12.5 Å². The van der Waals surface area contributed by atoms with E-state index in [1.165, 1.54) is 0 Å². The van der Waals surface area contributed by atoms with Gasteiger partial charge < -0.3 is 14.4 Å². The number of carboxylic acid groups (broad SMARTS) is 1. The maximum Gasteiger partial charge on any atom is 0.304 e. The third kappa shape index (κ3) is 2.85. The Morgan fingerprint density at radius 2 is 2.25 bits per heavy atom. The summed E-state index contributed by atoms with van der Waals surface area (Å²) in [4.78, 5) is 12.7. The summed E-state index contributed by atoms with van der Waals surface area (Å²) in [6.07, 6.45) is 4.08. The number of nitrogens with zero attached hydrogens (tertiary/aromatic N) is 1. The predicted octanol–water partition coefficient (Wildman–Crippen LogP) is 1.93. The molecule has 0 unspecified atom stereocenters. The van der Waals surface area contributed by atoms with Crippen molar-refractivity contribution >= 4 is 5.97 Å². The van der Waals surface area contributed by atoms with E-state index in [9.17, 15) is 4.79 Å². The molecule has 0 radical (unpaired) electrons. The molecule has 1 saturated heterocycles. The van der Waals surface area contributed by atoms with Crippen LogP contribution in [0.5, 0.6) is 0 Å². The minimum atomic E-state index is -0.715. The lowest BCUT2D eigenvalue weighted by Crippen LogP contribution is -2.34. The predicted molar refractivity (Wildman–Crippen MR) is 59.4 cm³/mol. The number of carbonyl (C=O) groups is 1. The summed E-state index contributed by atoms with van der Waals surface area (Å²) in [6, 6.07) is 3.95. The molecular formula is C12H17NO3. The smallest absolute Gasteiger partial charge is 0.304 e. The van der Waals surface area contributed by atoms with Crippen molar-refractivity contribution in [1.29, 1.82) is 0 Å². The Bertz CT molecular complexity index is 326. The fourth-order valence-electron chi connectivity index (χ4n) is 2.22. The zero-order valence-electron chi connectivity index (χ0n) is 9.26. The van der Waals surface area contributed by atoms with Crippen LogP contribution in [0.25, 0.3) is 0 Å². The lowest BCUT2D eigenvalue weighted by molar-refractivity contribution is -0.137. The second-order valence-electron chi connectivity index (χ2n) is 4.28. The first-order valence-corrected chi connectivity index (χ1v) is 5.73. The van der Waals surface area contributed by atoms with Crippen molar-refractivity contribution in [2.75, 3.05) is 19.6 Å². The molecule has 0 aliphatic carbocycles. The van der Waals surface area contributed by atoms with Crippen LogP contribution in [0, 0.1) is 0 Å². The normalized spacial score (nSPS) is 18.8. The minimum Gasteiger partial charge on any atom is -0.481 e. The van der Waals surface area contributed by atoms with Gasteiger partial charge in [-0.15, -0.1) is 0 Å². The third-order valence-electron chi connectivity index (χ3n) is 3.18. The Morgan fingerprint density at radius 1 is 1.50 bits per heavy atom. The molecule has 1 fully saturated rings. The van der Waals surface area contributed by atoms with Gasteiger partial charge >= 0.3 is 5.97 Å². The molecule has 1 aromatic heterocycles. The van der Waals surface area contributed by atoms with Crippen molar-refractivity contribution in [1.82, 2.24) is 4.90 Å². The topological polar surface area (TPSA) is 53.7 Å². The molecule has 1 aliphatic heterocycles. The molecular weight excluding hydrogens is 206 g/mol. The minimum absolute atomic E-state index is 0.241. The van der Waals surface area contributed by atoms with Gasteiger partial charge in [0, 0.05) is 12.5 Å². The van der Waals surface area contributed by atoms with E-state index in [2.05, 4.69) is 4.90 Å². The van der Waals surface area contributed by atoms with Gasteiger partial charge in [-0.25, -0.2) is 0 Å². The number of carboxylic acids is 1. The Kier molecular flexibility index (Phi) is 3.62. The van der Waals surface area contributed by atoms with Crippen molar-refractivity contribution in [3.63, 3.8) is 0 Å². The van der Waals surface area contributed by atoms with Crippen LogP contribution in [-0.4, -0.2) is 35.6 Å². The van der Waals surface area contributed by atoms with Crippen LogP contribution < -0.4 is 0 Å². The highest BCUT2D eigenvalue weighted by Crippen LogP contribution is 2.27.